The Morgan fingerprint density at radius 2 is 1.33 bits per heavy atom. The molecule has 1 N–H and O–H groups in total. The van der Waals surface area contributed by atoms with Gasteiger partial charge in [-0.05, 0) is 36.2 Å². The molecule has 0 aromatic heterocycles. The third-order valence-electron chi connectivity index (χ3n) is 4.26. The third-order valence-corrected chi connectivity index (χ3v) is 4.26. The van der Waals surface area contributed by atoms with Crippen molar-refractivity contribution in [2.45, 2.75) is 6.92 Å². The Morgan fingerprint density at radius 1 is 0.733 bits per heavy atom. The lowest BCUT2D eigenvalue weighted by Gasteiger charge is -2.12. The minimum atomic E-state index is -0.608. The average Bonchev–Trinajstić information content (AvgIpc) is 2.78. The van der Waals surface area contributed by atoms with E-state index in [1.54, 1.807) is 43.3 Å². The van der Waals surface area contributed by atoms with E-state index < -0.39 is 24.5 Å². The summed E-state index contributed by atoms with van der Waals surface area (Å²) in [5.74, 6) is -1.71. The lowest BCUT2D eigenvalue weighted by molar-refractivity contribution is -0.119. The summed E-state index contributed by atoms with van der Waals surface area (Å²) in [4.78, 5) is 36.9. The van der Waals surface area contributed by atoms with E-state index in [0.29, 0.717) is 11.3 Å². The molecular weight excluding hydrogens is 382 g/mol. The van der Waals surface area contributed by atoms with Gasteiger partial charge in [-0.2, -0.15) is 0 Å². The summed E-state index contributed by atoms with van der Waals surface area (Å²) in [6.07, 6.45) is 0. The van der Waals surface area contributed by atoms with Crippen LogP contribution in [0.25, 0.3) is 11.1 Å². The Balaban J connectivity index is 1.67. The number of carbonyl (C=O) groups excluding carboxylic acids is 3. The van der Waals surface area contributed by atoms with Gasteiger partial charge in [-0.1, -0.05) is 60.7 Å². The SMILES string of the molecule is CCOC(=O)c1ccccc1NC(=O)COC(=O)c1ccccc1-c1ccccc1. The minimum Gasteiger partial charge on any atom is -0.462 e. The van der Waals surface area contributed by atoms with Crippen LogP contribution in [-0.4, -0.2) is 31.1 Å². The number of anilines is 1. The van der Waals surface area contributed by atoms with Crippen LogP contribution in [0.3, 0.4) is 0 Å². The second-order valence-corrected chi connectivity index (χ2v) is 6.30. The van der Waals surface area contributed by atoms with Crippen LogP contribution in [-0.2, 0) is 14.3 Å². The van der Waals surface area contributed by atoms with Crippen molar-refractivity contribution >= 4 is 23.5 Å². The van der Waals surface area contributed by atoms with Gasteiger partial charge in [0.1, 0.15) is 0 Å². The van der Waals surface area contributed by atoms with Crippen LogP contribution >= 0.6 is 0 Å². The molecule has 0 heterocycles. The van der Waals surface area contributed by atoms with Crippen LogP contribution < -0.4 is 5.32 Å². The van der Waals surface area contributed by atoms with E-state index in [0.717, 1.165) is 11.1 Å². The topological polar surface area (TPSA) is 81.7 Å². The second-order valence-electron chi connectivity index (χ2n) is 6.30. The fourth-order valence-corrected chi connectivity index (χ4v) is 2.90. The van der Waals surface area contributed by atoms with Crippen molar-refractivity contribution in [1.29, 1.82) is 0 Å². The Hall–Kier alpha value is -3.93. The van der Waals surface area contributed by atoms with Crippen molar-refractivity contribution in [3.63, 3.8) is 0 Å². The van der Waals surface area contributed by atoms with Gasteiger partial charge in [0.25, 0.3) is 5.91 Å². The van der Waals surface area contributed by atoms with Gasteiger partial charge in [-0.3, -0.25) is 4.79 Å². The number of carbonyl (C=O) groups is 3. The highest BCUT2D eigenvalue weighted by Gasteiger charge is 2.17. The number of nitrogens with one attached hydrogen (secondary N) is 1. The van der Waals surface area contributed by atoms with Crippen LogP contribution in [0.2, 0.25) is 0 Å². The van der Waals surface area contributed by atoms with Gasteiger partial charge < -0.3 is 14.8 Å². The molecule has 0 fully saturated rings. The maximum absolute atomic E-state index is 12.6. The molecule has 1 amide bonds. The van der Waals surface area contributed by atoms with Crippen molar-refractivity contribution in [2.24, 2.45) is 0 Å². The van der Waals surface area contributed by atoms with Crippen molar-refractivity contribution < 1.29 is 23.9 Å². The molecule has 3 rings (SSSR count). The number of hydrogen-bond acceptors (Lipinski definition) is 5. The molecule has 0 saturated heterocycles. The third kappa shape index (κ3) is 5.11. The molecule has 0 aliphatic carbocycles. The Labute approximate surface area is 174 Å². The summed E-state index contributed by atoms with van der Waals surface area (Å²) in [7, 11) is 0. The van der Waals surface area contributed by atoms with Crippen molar-refractivity contribution in [3.05, 3.63) is 90.0 Å². The summed E-state index contributed by atoms with van der Waals surface area (Å²) >= 11 is 0. The number of hydrogen-bond donors (Lipinski definition) is 1. The molecule has 0 saturated carbocycles. The molecule has 6 heteroatoms. The molecule has 152 valence electrons. The van der Waals surface area contributed by atoms with Crippen LogP contribution in [0.4, 0.5) is 5.69 Å². The number of benzene rings is 3. The summed E-state index contributed by atoms with van der Waals surface area (Å²) in [5.41, 5.74) is 2.48. The first-order chi connectivity index (χ1) is 14.6. The Bertz CT molecular complexity index is 1050. The number of rotatable bonds is 7. The Morgan fingerprint density at radius 3 is 2.07 bits per heavy atom. The summed E-state index contributed by atoms with van der Waals surface area (Å²) in [6, 6.07) is 23.0. The molecule has 0 unspecified atom stereocenters. The maximum atomic E-state index is 12.6. The normalized spacial score (nSPS) is 10.2. The number of esters is 2. The van der Waals surface area contributed by atoms with Gasteiger partial charge in [0, 0.05) is 0 Å². The summed E-state index contributed by atoms with van der Waals surface area (Å²) < 4.78 is 10.2. The van der Waals surface area contributed by atoms with Crippen LogP contribution in [0, 0.1) is 0 Å². The second kappa shape index (κ2) is 10.0. The van der Waals surface area contributed by atoms with E-state index in [-0.39, 0.29) is 12.2 Å². The fourth-order valence-electron chi connectivity index (χ4n) is 2.90. The van der Waals surface area contributed by atoms with E-state index in [1.165, 1.54) is 0 Å². The van der Waals surface area contributed by atoms with Crippen LogP contribution in [0.1, 0.15) is 27.6 Å². The van der Waals surface area contributed by atoms with Crippen molar-refractivity contribution in [2.75, 3.05) is 18.5 Å². The predicted octanol–water partition coefficient (Wildman–Crippen LogP) is 4.33. The number of ether oxygens (including phenoxy) is 2. The first-order valence-corrected chi connectivity index (χ1v) is 9.47. The first-order valence-electron chi connectivity index (χ1n) is 9.47. The molecular formula is C24H21NO5. The van der Waals surface area contributed by atoms with Gasteiger partial charge in [0.15, 0.2) is 6.61 Å². The largest absolute Gasteiger partial charge is 0.462 e. The molecule has 0 radical (unpaired) electrons. The smallest absolute Gasteiger partial charge is 0.340 e. The van der Waals surface area contributed by atoms with Gasteiger partial charge in [0.2, 0.25) is 0 Å². The standard InChI is InChI=1S/C24H21NO5/c1-2-29-24(28)20-14-8-9-15-21(20)25-22(26)16-30-23(27)19-13-7-6-12-18(19)17-10-4-3-5-11-17/h3-15H,2,16H2,1H3,(H,25,26). The molecule has 30 heavy (non-hydrogen) atoms. The van der Waals surface area contributed by atoms with Crippen LogP contribution in [0.15, 0.2) is 78.9 Å². The lowest BCUT2D eigenvalue weighted by Crippen LogP contribution is -2.22. The lowest BCUT2D eigenvalue weighted by atomic mass is 10.00. The summed E-state index contributed by atoms with van der Waals surface area (Å²) in [6.45, 7) is 1.44. The quantitative estimate of drug-likeness (QED) is 0.594. The first kappa shape index (κ1) is 20.8. The molecule has 0 spiro atoms. The molecule has 0 aliphatic heterocycles. The van der Waals surface area contributed by atoms with E-state index in [4.69, 9.17) is 9.47 Å². The van der Waals surface area contributed by atoms with E-state index in [1.807, 2.05) is 42.5 Å². The van der Waals surface area contributed by atoms with Gasteiger partial charge >= 0.3 is 11.9 Å². The highest BCUT2D eigenvalue weighted by Crippen LogP contribution is 2.24. The van der Waals surface area contributed by atoms with E-state index in [9.17, 15) is 14.4 Å². The average molecular weight is 403 g/mol. The fraction of sp³-hybridized carbons (Fsp3) is 0.125. The zero-order valence-electron chi connectivity index (χ0n) is 16.5. The highest BCUT2D eigenvalue weighted by atomic mass is 16.5. The Kier molecular flexibility index (Phi) is 6.95. The zero-order chi connectivity index (χ0) is 21.3. The molecule has 3 aromatic rings. The van der Waals surface area contributed by atoms with Gasteiger partial charge in [-0.15, -0.1) is 0 Å². The molecule has 0 bridgehead atoms. The predicted molar refractivity (Wildman–Crippen MR) is 113 cm³/mol. The molecule has 3 aromatic carbocycles. The maximum Gasteiger partial charge on any atom is 0.340 e. The van der Waals surface area contributed by atoms with Crippen molar-refractivity contribution in [3.8, 4) is 11.1 Å². The zero-order valence-corrected chi connectivity index (χ0v) is 16.5. The van der Waals surface area contributed by atoms with E-state index in [2.05, 4.69) is 5.32 Å². The monoisotopic (exact) mass is 403 g/mol. The van der Waals surface area contributed by atoms with Gasteiger partial charge in [-0.25, -0.2) is 9.59 Å². The molecule has 0 aliphatic rings. The highest BCUT2D eigenvalue weighted by molar-refractivity contribution is 6.03. The number of amides is 1. The van der Waals surface area contributed by atoms with Gasteiger partial charge in [0.05, 0.1) is 23.4 Å². The van der Waals surface area contributed by atoms with Crippen molar-refractivity contribution in [1.82, 2.24) is 0 Å². The van der Waals surface area contributed by atoms with E-state index >= 15 is 0 Å². The molecule has 6 nitrogen and oxygen atoms in total. The number of para-hydroxylation sites is 1. The minimum absolute atomic E-state index is 0.222. The summed E-state index contributed by atoms with van der Waals surface area (Å²) in [5, 5.41) is 2.59. The molecule has 0 atom stereocenters. The van der Waals surface area contributed by atoms with Crippen LogP contribution in [0.5, 0.6) is 0 Å².